The summed E-state index contributed by atoms with van der Waals surface area (Å²) in [4.78, 5) is 10.3. The maximum absolute atomic E-state index is 6.64. The van der Waals surface area contributed by atoms with Crippen molar-refractivity contribution in [1.29, 1.82) is 0 Å². The molecule has 0 saturated heterocycles. The first kappa shape index (κ1) is 28.1. The zero-order valence-electron chi connectivity index (χ0n) is 27.4. The van der Waals surface area contributed by atoms with Gasteiger partial charge in [-0.25, -0.2) is 9.97 Å². The van der Waals surface area contributed by atoms with Crippen molar-refractivity contribution in [2.45, 2.75) is 5.41 Å². The standard InChI is InChI=1S/C47H28N2O2/c1-3-13-29(14-4-1)38-28-39(49-46(48-38)30-15-5-2-6-16-30)31-23-24-32-37(27-31)47(34-18-8-11-21-41(34)51-42-22-12-9-19-35(42)47)36-25-26-43-45(44(32)36)33-17-7-10-20-40(33)50-43/h1-28H. The van der Waals surface area contributed by atoms with Crippen LogP contribution in [0.1, 0.15) is 22.3 Å². The molecule has 0 N–H and O–H groups in total. The molecular formula is C47H28N2O2. The molecule has 0 amide bonds. The lowest BCUT2D eigenvalue weighted by atomic mass is 9.66. The van der Waals surface area contributed by atoms with E-state index in [1.807, 2.05) is 30.3 Å². The number of fused-ring (bicyclic) bond motifs is 13. The maximum atomic E-state index is 6.64. The number of rotatable bonds is 3. The monoisotopic (exact) mass is 652 g/mol. The fourth-order valence-corrected chi connectivity index (χ4v) is 8.43. The Balaban J connectivity index is 1.25. The van der Waals surface area contributed by atoms with Crippen molar-refractivity contribution < 1.29 is 9.15 Å². The van der Waals surface area contributed by atoms with Crippen LogP contribution in [0.4, 0.5) is 0 Å². The van der Waals surface area contributed by atoms with E-state index >= 15 is 0 Å². The second kappa shape index (κ2) is 10.6. The topological polar surface area (TPSA) is 48.2 Å². The fourth-order valence-electron chi connectivity index (χ4n) is 8.43. The lowest BCUT2D eigenvalue weighted by Crippen LogP contribution is -2.32. The molecule has 11 rings (SSSR count). The number of furan rings is 1. The van der Waals surface area contributed by atoms with Crippen molar-refractivity contribution in [3.05, 3.63) is 192 Å². The van der Waals surface area contributed by atoms with Crippen LogP contribution in [0.15, 0.2) is 174 Å². The summed E-state index contributed by atoms with van der Waals surface area (Å²) in [5, 5.41) is 2.25. The van der Waals surface area contributed by atoms with Crippen LogP contribution in [-0.2, 0) is 5.41 Å². The molecule has 0 radical (unpaired) electrons. The third kappa shape index (κ3) is 3.96. The summed E-state index contributed by atoms with van der Waals surface area (Å²) in [6.45, 7) is 0. The van der Waals surface area contributed by atoms with E-state index in [-0.39, 0.29) is 0 Å². The number of benzene rings is 7. The van der Waals surface area contributed by atoms with Gasteiger partial charge in [-0.2, -0.15) is 0 Å². The zero-order valence-corrected chi connectivity index (χ0v) is 27.4. The SMILES string of the molecule is c1ccc(-c2cc(-c3ccc4c(c3)C3(c5ccccc5Oc5ccccc53)c3ccc5oc6ccccc6c5c3-4)nc(-c3ccccc3)n2)cc1. The van der Waals surface area contributed by atoms with Gasteiger partial charge in [0.1, 0.15) is 22.7 Å². The highest BCUT2D eigenvalue weighted by Gasteiger charge is 2.52. The third-order valence-corrected chi connectivity index (χ3v) is 10.6. The van der Waals surface area contributed by atoms with Crippen LogP contribution in [0.3, 0.4) is 0 Å². The van der Waals surface area contributed by atoms with Crippen molar-refractivity contribution in [2.75, 3.05) is 0 Å². The molecule has 0 saturated carbocycles. The van der Waals surface area contributed by atoms with E-state index in [2.05, 4.69) is 140 Å². The van der Waals surface area contributed by atoms with Crippen LogP contribution in [0.5, 0.6) is 11.5 Å². The molecule has 3 heterocycles. The lowest BCUT2D eigenvalue weighted by molar-refractivity contribution is 0.436. The molecule has 238 valence electrons. The molecule has 0 unspecified atom stereocenters. The van der Waals surface area contributed by atoms with E-state index in [1.165, 1.54) is 22.3 Å². The lowest BCUT2D eigenvalue weighted by Gasteiger charge is -2.39. The Kier molecular flexibility index (Phi) is 5.84. The Morgan fingerprint density at radius 1 is 0.431 bits per heavy atom. The number of hydrogen-bond acceptors (Lipinski definition) is 4. The number of para-hydroxylation sites is 3. The number of aromatic nitrogens is 2. The molecule has 7 aromatic carbocycles. The summed E-state index contributed by atoms with van der Waals surface area (Å²) in [7, 11) is 0. The van der Waals surface area contributed by atoms with E-state index in [1.54, 1.807) is 0 Å². The van der Waals surface area contributed by atoms with E-state index in [9.17, 15) is 0 Å². The first-order chi connectivity index (χ1) is 25.3. The van der Waals surface area contributed by atoms with Crippen molar-refractivity contribution in [2.24, 2.45) is 0 Å². The van der Waals surface area contributed by atoms with Gasteiger partial charge in [0.05, 0.1) is 16.8 Å². The van der Waals surface area contributed by atoms with Gasteiger partial charge in [-0.15, -0.1) is 0 Å². The predicted octanol–water partition coefficient (Wildman–Crippen LogP) is 11.8. The van der Waals surface area contributed by atoms with Gasteiger partial charge in [0.2, 0.25) is 0 Å². The molecule has 0 atom stereocenters. The van der Waals surface area contributed by atoms with Crippen LogP contribution >= 0.6 is 0 Å². The zero-order chi connectivity index (χ0) is 33.5. The van der Waals surface area contributed by atoms with Crippen molar-refractivity contribution in [3.8, 4) is 56.5 Å². The maximum Gasteiger partial charge on any atom is 0.160 e. The smallest absolute Gasteiger partial charge is 0.160 e. The molecule has 9 aromatic rings. The summed E-state index contributed by atoms with van der Waals surface area (Å²) in [5.74, 6) is 2.41. The highest BCUT2D eigenvalue weighted by Crippen LogP contribution is 2.64. The first-order valence-corrected chi connectivity index (χ1v) is 17.2. The minimum Gasteiger partial charge on any atom is -0.457 e. The average molecular weight is 653 g/mol. The molecular weight excluding hydrogens is 625 g/mol. The largest absolute Gasteiger partial charge is 0.457 e. The number of hydrogen-bond donors (Lipinski definition) is 0. The Bertz CT molecular complexity index is 2730. The van der Waals surface area contributed by atoms with Gasteiger partial charge >= 0.3 is 0 Å². The van der Waals surface area contributed by atoms with Crippen molar-refractivity contribution >= 4 is 21.9 Å². The van der Waals surface area contributed by atoms with Crippen LogP contribution in [0, 0.1) is 0 Å². The molecule has 51 heavy (non-hydrogen) atoms. The molecule has 2 aromatic heterocycles. The summed E-state index contributed by atoms with van der Waals surface area (Å²) in [5.41, 5.74) is 12.9. The Hall–Kier alpha value is -6.78. The molecule has 4 heteroatoms. The van der Waals surface area contributed by atoms with E-state index < -0.39 is 5.41 Å². The van der Waals surface area contributed by atoms with Gasteiger partial charge in [-0.05, 0) is 58.7 Å². The number of ether oxygens (including phenoxy) is 1. The fraction of sp³-hybridized carbons (Fsp3) is 0.0213. The van der Waals surface area contributed by atoms with Gasteiger partial charge in [0, 0.05) is 38.6 Å². The summed E-state index contributed by atoms with van der Waals surface area (Å²) >= 11 is 0. The van der Waals surface area contributed by atoms with Crippen molar-refractivity contribution in [3.63, 3.8) is 0 Å². The minimum absolute atomic E-state index is 0.643. The number of nitrogens with zero attached hydrogens (tertiary/aromatic N) is 2. The quantitative estimate of drug-likeness (QED) is 0.191. The van der Waals surface area contributed by atoms with Gasteiger partial charge in [0.15, 0.2) is 5.82 Å². The Labute approximate surface area is 294 Å². The third-order valence-electron chi connectivity index (χ3n) is 10.6. The average Bonchev–Trinajstić information content (AvgIpc) is 3.72. The van der Waals surface area contributed by atoms with E-state index in [0.29, 0.717) is 5.82 Å². The molecule has 0 bridgehead atoms. The first-order valence-electron chi connectivity index (χ1n) is 17.2. The van der Waals surface area contributed by atoms with Gasteiger partial charge < -0.3 is 9.15 Å². The van der Waals surface area contributed by atoms with E-state index in [4.69, 9.17) is 19.1 Å². The van der Waals surface area contributed by atoms with Crippen LogP contribution in [-0.4, -0.2) is 9.97 Å². The minimum atomic E-state index is -0.643. The van der Waals surface area contributed by atoms with Crippen LogP contribution in [0.2, 0.25) is 0 Å². The molecule has 1 aliphatic heterocycles. The van der Waals surface area contributed by atoms with Crippen LogP contribution in [0.25, 0.3) is 67.0 Å². The Morgan fingerprint density at radius 3 is 1.80 bits per heavy atom. The molecule has 1 spiro atoms. The highest BCUT2D eigenvalue weighted by atomic mass is 16.5. The van der Waals surface area contributed by atoms with E-state index in [0.717, 1.165) is 72.6 Å². The normalized spacial score (nSPS) is 13.4. The summed E-state index contributed by atoms with van der Waals surface area (Å²) in [6.07, 6.45) is 0. The Morgan fingerprint density at radius 2 is 1.06 bits per heavy atom. The second-order valence-electron chi connectivity index (χ2n) is 13.3. The second-order valence-corrected chi connectivity index (χ2v) is 13.3. The van der Waals surface area contributed by atoms with Gasteiger partial charge in [-0.3, -0.25) is 0 Å². The van der Waals surface area contributed by atoms with Gasteiger partial charge in [0.25, 0.3) is 0 Å². The predicted molar refractivity (Wildman–Crippen MR) is 203 cm³/mol. The molecule has 1 aliphatic carbocycles. The van der Waals surface area contributed by atoms with Crippen LogP contribution < -0.4 is 4.74 Å². The van der Waals surface area contributed by atoms with Gasteiger partial charge in [-0.1, -0.05) is 133 Å². The summed E-state index contributed by atoms with van der Waals surface area (Å²) in [6, 6.07) is 59.3. The molecule has 0 fully saturated rings. The summed E-state index contributed by atoms with van der Waals surface area (Å²) < 4.78 is 13.1. The molecule has 2 aliphatic rings. The molecule has 4 nitrogen and oxygen atoms in total. The van der Waals surface area contributed by atoms with Crippen molar-refractivity contribution in [1.82, 2.24) is 9.97 Å². The highest BCUT2D eigenvalue weighted by molar-refractivity contribution is 6.15.